The zero-order valence-electron chi connectivity index (χ0n) is 25.2. The van der Waals surface area contributed by atoms with Gasteiger partial charge in [0.05, 0.1) is 27.9 Å². The van der Waals surface area contributed by atoms with Crippen LogP contribution in [-0.4, -0.2) is 82.0 Å². The van der Waals surface area contributed by atoms with Crippen LogP contribution in [0.5, 0.6) is 11.9 Å². The highest BCUT2D eigenvalue weighted by atomic mass is 35.5. The molecule has 7 heterocycles. The first-order valence-electron chi connectivity index (χ1n) is 15.6. The van der Waals surface area contributed by atoms with Crippen molar-refractivity contribution in [1.29, 1.82) is 0 Å². The number of nitrogens with zero attached hydrogens (tertiary/aromatic N) is 5. The molecule has 0 unspecified atom stereocenters. The molecule has 6 atom stereocenters. The molecular formula is C31H33ClF5N7O2. The molecule has 3 N–H and O–H groups in total. The van der Waals surface area contributed by atoms with E-state index in [1.807, 2.05) is 6.92 Å². The van der Waals surface area contributed by atoms with Crippen molar-refractivity contribution in [3.8, 4) is 23.1 Å². The Kier molecular flexibility index (Phi) is 6.80. The fourth-order valence-corrected chi connectivity index (χ4v) is 8.81. The van der Waals surface area contributed by atoms with Crippen molar-refractivity contribution < 1.29 is 31.4 Å². The van der Waals surface area contributed by atoms with Gasteiger partial charge in [-0.25, -0.2) is 13.8 Å². The van der Waals surface area contributed by atoms with Crippen LogP contribution < -0.4 is 25.4 Å². The SMILES string of the molecule is Cc1cc(N)c(Cl)c(-c2nc3c4c(nc(OC[C@@]56CCCN5C[C@H](F)C6)nc4c2F)N2C[C@H]4CC[C@H](N4)[C@H]2[C@H](C)O3)c1C(F)(F)F. The van der Waals surface area contributed by atoms with E-state index in [-0.39, 0.29) is 58.8 Å². The predicted molar refractivity (Wildman–Crippen MR) is 162 cm³/mol. The van der Waals surface area contributed by atoms with E-state index in [1.165, 1.54) is 6.92 Å². The standard InChI is InChI=1S/C31H33ClF5N7O2/c1-13-8-17(38)22(32)19(21(13)31(35,36)37)24-23(34)25-20-27(42-29(41-25)45-12-30-6-3-7-43(30)10-15(33)9-30)44-11-16-4-5-18(39-16)26(44)14(2)46-28(20)40-24/h8,14-16,18,26,39H,3-7,9-12,38H2,1-2H3/t14-,15+,16+,18-,26+,30-/m0/s1. The van der Waals surface area contributed by atoms with Gasteiger partial charge in [0.1, 0.15) is 41.3 Å². The smallest absolute Gasteiger partial charge is 0.417 e. The topological polar surface area (TPSA) is 102 Å². The van der Waals surface area contributed by atoms with Gasteiger partial charge in [0.2, 0.25) is 5.88 Å². The number of hydrogen-bond donors (Lipinski definition) is 2. The highest BCUT2D eigenvalue weighted by Gasteiger charge is 2.50. The largest absolute Gasteiger partial charge is 0.472 e. The maximum Gasteiger partial charge on any atom is 0.417 e. The molecule has 8 rings (SSSR count). The van der Waals surface area contributed by atoms with Crippen molar-refractivity contribution in [2.24, 2.45) is 0 Å². The van der Waals surface area contributed by atoms with Gasteiger partial charge in [-0.3, -0.25) is 4.90 Å². The number of nitrogens with one attached hydrogen (secondary N) is 1. The number of pyridine rings is 1. The highest BCUT2D eigenvalue weighted by Crippen LogP contribution is 2.49. The number of rotatable bonds is 4. The predicted octanol–water partition coefficient (Wildman–Crippen LogP) is 5.44. The number of piperazine rings is 1. The zero-order chi connectivity index (χ0) is 32.3. The number of aromatic nitrogens is 3. The molecular weight excluding hydrogens is 633 g/mol. The molecule has 2 bridgehead atoms. The monoisotopic (exact) mass is 665 g/mol. The Morgan fingerprint density at radius 3 is 2.80 bits per heavy atom. The number of aryl methyl sites for hydroxylation is 1. The number of anilines is 2. The Hall–Kier alpha value is -3.23. The third kappa shape index (κ3) is 4.50. The number of fused-ring (bicyclic) bond motifs is 6. The number of ether oxygens (including phenoxy) is 2. The van der Waals surface area contributed by atoms with Crippen molar-refractivity contribution in [2.75, 3.05) is 36.9 Å². The minimum Gasteiger partial charge on any atom is -0.472 e. The summed E-state index contributed by atoms with van der Waals surface area (Å²) in [5, 5.41) is 3.27. The van der Waals surface area contributed by atoms with Crippen molar-refractivity contribution in [3.63, 3.8) is 0 Å². The average molecular weight is 666 g/mol. The molecule has 1 aromatic carbocycles. The lowest BCUT2D eigenvalue weighted by atomic mass is 9.95. The number of halogens is 6. The van der Waals surface area contributed by atoms with Gasteiger partial charge in [-0.1, -0.05) is 11.6 Å². The van der Waals surface area contributed by atoms with Crippen LogP contribution in [0.4, 0.5) is 33.5 Å². The van der Waals surface area contributed by atoms with Crippen LogP contribution in [0.1, 0.15) is 50.2 Å². The van der Waals surface area contributed by atoms with Gasteiger partial charge in [-0.05, 0) is 57.7 Å². The van der Waals surface area contributed by atoms with Crippen molar-refractivity contribution in [2.45, 2.75) is 88.1 Å². The maximum atomic E-state index is 16.9. The van der Waals surface area contributed by atoms with Gasteiger partial charge in [-0.15, -0.1) is 0 Å². The van der Waals surface area contributed by atoms with Crippen LogP contribution in [0.2, 0.25) is 5.02 Å². The lowest BCUT2D eigenvalue weighted by Gasteiger charge is -2.42. The van der Waals surface area contributed by atoms with Crippen LogP contribution in [0.15, 0.2) is 6.07 Å². The quantitative estimate of drug-likeness (QED) is 0.279. The number of nitrogens with two attached hydrogens (primary N) is 1. The summed E-state index contributed by atoms with van der Waals surface area (Å²) < 4.78 is 87.4. The average Bonchev–Trinajstić information content (AvgIpc) is 3.62. The Labute approximate surface area is 266 Å². The van der Waals surface area contributed by atoms with Gasteiger partial charge < -0.3 is 25.4 Å². The molecule has 0 amide bonds. The minimum absolute atomic E-state index is 0.0375. The summed E-state index contributed by atoms with van der Waals surface area (Å²) in [7, 11) is 0. The molecule has 0 saturated carbocycles. The minimum atomic E-state index is -4.90. The van der Waals surface area contributed by atoms with Gasteiger partial charge in [0, 0.05) is 37.2 Å². The van der Waals surface area contributed by atoms with E-state index < -0.39 is 51.7 Å². The molecule has 0 aliphatic carbocycles. The molecule has 3 aromatic rings. The summed E-state index contributed by atoms with van der Waals surface area (Å²) >= 11 is 6.41. The summed E-state index contributed by atoms with van der Waals surface area (Å²) in [5.41, 5.74) is 2.25. The summed E-state index contributed by atoms with van der Waals surface area (Å²) in [6.45, 7) is 4.79. The highest BCUT2D eigenvalue weighted by molar-refractivity contribution is 6.36. The zero-order valence-corrected chi connectivity index (χ0v) is 26.0. The van der Waals surface area contributed by atoms with Gasteiger partial charge in [0.25, 0.3) is 0 Å². The number of benzene rings is 1. The fraction of sp³-hybridized carbons (Fsp3) is 0.581. The second-order valence-corrected chi connectivity index (χ2v) is 13.7. The molecule has 15 heteroatoms. The normalized spacial score (nSPS) is 30.3. The fourth-order valence-electron chi connectivity index (χ4n) is 8.58. The van der Waals surface area contributed by atoms with Crippen LogP contribution >= 0.6 is 11.6 Å². The van der Waals surface area contributed by atoms with E-state index in [2.05, 4.69) is 25.1 Å². The molecule has 2 aromatic heterocycles. The van der Waals surface area contributed by atoms with Gasteiger partial charge in [-0.2, -0.15) is 23.1 Å². The third-order valence-electron chi connectivity index (χ3n) is 10.5. The number of hydrogen-bond acceptors (Lipinski definition) is 9. The Bertz CT molecular complexity index is 1760. The van der Waals surface area contributed by atoms with E-state index in [4.69, 9.17) is 31.8 Å². The lowest BCUT2D eigenvalue weighted by molar-refractivity contribution is -0.137. The van der Waals surface area contributed by atoms with Crippen LogP contribution in [-0.2, 0) is 6.18 Å². The third-order valence-corrected chi connectivity index (χ3v) is 10.9. The molecule has 46 heavy (non-hydrogen) atoms. The van der Waals surface area contributed by atoms with E-state index in [1.54, 1.807) is 0 Å². The van der Waals surface area contributed by atoms with Crippen LogP contribution in [0, 0.1) is 12.7 Å². The van der Waals surface area contributed by atoms with Crippen molar-refractivity contribution in [3.05, 3.63) is 28.0 Å². The molecule has 0 spiro atoms. The summed E-state index contributed by atoms with van der Waals surface area (Å²) in [6.07, 6.45) is -2.62. The van der Waals surface area contributed by atoms with E-state index >= 15 is 4.39 Å². The lowest BCUT2D eigenvalue weighted by Crippen LogP contribution is -2.62. The first-order valence-corrected chi connectivity index (χ1v) is 16.0. The first kappa shape index (κ1) is 30.1. The van der Waals surface area contributed by atoms with Crippen LogP contribution in [0.3, 0.4) is 0 Å². The molecule has 4 saturated heterocycles. The summed E-state index contributed by atoms with van der Waals surface area (Å²) in [5.74, 6) is -0.906. The first-order chi connectivity index (χ1) is 21.8. The Morgan fingerprint density at radius 2 is 2.02 bits per heavy atom. The molecule has 246 valence electrons. The van der Waals surface area contributed by atoms with E-state index in [9.17, 15) is 17.6 Å². The molecule has 9 nitrogen and oxygen atoms in total. The number of nitrogen functional groups attached to an aromatic ring is 1. The van der Waals surface area contributed by atoms with Crippen molar-refractivity contribution in [1.82, 2.24) is 25.2 Å². The molecule has 0 radical (unpaired) electrons. The number of alkyl halides is 4. The Balaban J connectivity index is 1.34. The van der Waals surface area contributed by atoms with E-state index in [0.717, 1.165) is 38.3 Å². The second kappa shape index (κ2) is 10.4. The second-order valence-electron chi connectivity index (χ2n) is 13.4. The molecule has 5 aliphatic heterocycles. The molecule has 4 fully saturated rings. The van der Waals surface area contributed by atoms with Gasteiger partial charge in [0.15, 0.2) is 5.82 Å². The van der Waals surface area contributed by atoms with Crippen molar-refractivity contribution >= 4 is 34.0 Å². The maximum absolute atomic E-state index is 16.9. The molecule has 5 aliphatic rings. The summed E-state index contributed by atoms with van der Waals surface area (Å²) in [6, 6.07) is 0.911. The van der Waals surface area contributed by atoms with Crippen LogP contribution in [0.25, 0.3) is 22.2 Å². The summed E-state index contributed by atoms with van der Waals surface area (Å²) in [4.78, 5) is 17.7. The van der Waals surface area contributed by atoms with E-state index in [0.29, 0.717) is 25.3 Å². The Morgan fingerprint density at radius 1 is 1.22 bits per heavy atom. The van der Waals surface area contributed by atoms with Gasteiger partial charge >= 0.3 is 12.2 Å².